The number of carbonyl (C=O) groups excluding carboxylic acids is 1. The molecule has 1 aromatic heterocycles. The maximum Gasteiger partial charge on any atom is 0.186 e. The fourth-order valence-corrected chi connectivity index (χ4v) is 2.35. The van der Waals surface area contributed by atoms with Gasteiger partial charge in [-0.15, -0.1) is 0 Å². The average molecular weight is 263 g/mol. The van der Waals surface area contributed by atoms with Crippen LogP contribution >= 0.6 is 11.8 Å². The Labute approximate surface area is 109 Å². The molecule has 0 aliphatic rings. The summed E-state index contributed by atoms with van der Waals surface area (Å²) in [7, 11) is 1.81. The molecule has 0 radical (unpaired) electrons. The number of carbonyl (C=O) groups is 1. The molecule has 0 fully saturated rings. The van der Waals surface area contributed by atoms with Crippen LogP contribution in [0.3, 0.4) is 0 Å². The highest BCUT2D eigenvalue weighted by molar-refractivity contribution is 7.98. The Morgan fingerprint density at radius 3 is 2.89 bits per heavy atom. The SMILES string of the molecule is CC(=O)c1ccc(O)c(CSc2ncnn2C)c1. The van der Waals surface area contributed by atoms with Gasteiger partial charge in [-0.3, -0.25) is 4.79 Å². The molecule has 0 aliphatic heterocycles. The standard InChI is InChI=1S/C12H13N3O2S/c1-8(16)9-3-4-11(17)10(5-9)6-18-12-13-7-14-15(12)2/h3-5,7,17H,6H2,1-2H3. The molecule has 1 N–H and O–H groups in total. The molecule has 0 aliphatic carbocycles. The Bertz CT molecular complexity index is 580. The number of ketones is 1. The number of aromatic nitrogens is 3. The van der Waals surface area contributed by atoms with Crippen molar-refractivity contribution in [2.45, 2.75) is 17.8 Å². The molecule has 0 atom stereocenters. The van der Waals surface area contributed by atoms with Gasteiger partial charge in [0, 0.05) is 23.9 Å². The van der Waals surface area contributed by atoms with Crippen LogP contribution in [-0.2, 0) is 12.8 Å². The second-order valence-corrected chi connectivity index (χ2v) is 4.80. The van der Waals surface area contributed by atoms with Crippen molar-refractivity contribution in [3.8, 4) is 5.75 Å². The summed E-state index contributed by atoms with van der Waals surface area (Å²) in [6, 6.07) is 4.87. The fraction of sp³-hybridized carbons (Fsp3) is 0.250. The number of aryl methyl sites for hydroxylation is 1. The van der Waals surface area contributed by atoms with Gasteiger partial charge in [0.2, 0.25) is 0 Å². The van der Waals surface area contributed by atoms with E-state index in [1.165, 1.54) is 25.0 Å². The van der Waals surface area contributed by atoms with E-state index in [4.69, 9.17) is 0 Å². The summed E-state index contributed by atoms with van der Waals surface area (Å²) in [6.07, 6.45) is 1.48. The minimum atomic E-state index is -0.0140. The summed E-state index contributed by atoms with van der Waals surface area (Å²) < 4.78 is 1.66. The van der Waals surface area contributed by atoms with Crippen LogP contribution in [0.1, 0.15) is 22.8 Å². The number of hydrogen-bond donors (Lipinski definition) is 1. The number of phenolic OH excluding ortho intramolecular Hbond substituents is 1. The van der Waals surface area contributed by atoms with Crippen LogP contribution in [0.5, 0.6) is 5.75 Å². The molecule has 2 aromatic rings. The van der Waals surface area contributed by atoms with Gasteiger partial charge in [0.05, 0.1) is 0 Å². The van der Waals surface area contributed by atoms with Gasteiger partial charge < -0.3 is 5.11 Å². The van der Waals surface area contributed by atoms with Crippen molar-refractivity contribution in [2.75, 3.05) is 0 Å². The molecule has 0 amide bonds. The van der Waals surface area contributed by atoms with Crippen molar-refractivity contribution in [1.82, 2.24) is 14.8 Å². The van der Waals surface area contributed by atoms with Crippen molar-refractivity contribution >= 4 is 17.5 Å². The maximum absolute atomic E-state index is 11.3. The summed E-state index contributed by atoms with van der Waals surface area (Å²) in [5.41, 5.74) is 1.32. The van der Waals surface area contributed by atoms with Gasteiger partial charge >= 0.3 is 0 Å². The molecule has 6 heteroatoms. The van der Waals surface area contributed by atoms with Crippen LogP contribution in [0.25, 0.3) is 0 Å². The highest BCUT2D eigenvalue weighted by Crippen LogP contribution is 2.26. The van der Waals surface area contributed by atoms with Gasteiger partial charge in [-0.2, -0.15) is 5.10 Å². The third-order valence-corrected chi connectivity index (χ3v) is 3.60. The number of rotatable bonds is 4. The number of benzene rings is 1. The summed E-state index contributed by atoms with van der Waals surface area (Å²) in [4.78, 5) is 15.4. The number of hydrogen-bond acceptors (Lipinski definition) is 5. The molecule has 5 nitrogen and oxygen atoms in total. The smallest absolute Gasteiger partial charge is 0.186 e. The van der Waals surface area contributed by atoms with Crippen LogP contribution < -0.4 is 0 Å². The van der Waals surface area contributed by atoms with Crippen LogP contribution in [-0.4, -0.2) is 25.7 Å². The molecule has 18 heavy (non-hydrogen) atoms. The van der Waals surface area contributed by atoms with Crippen molar-refractivity contribution in [2.24, 2.45) is 7.05 Å². The van der Waals surface area contributed by atoms with Crippen LogP contribution in [0.2, 0.25) is 0 Å². The van der Waals surface area contributed by atoms with Gasteiger partial charge in [0.25, 0.3) is 0 Å². The van der Waals surface area contributed by atoms with Gasteiger partial charge in [-0.25, -0.2) is 9.67 Å². The lowest BCUT2D eigenvalue weighted by atomic mass is 10.1. The molecule has 2 rings (SSSR count). The van der Waals surface area contributed by atoms with E-state index in [0.717, 1.165) is 10.7 Å². The van der Waals surface area contributed by atoms with Gasteiger partial charge in [0.1, 0.15) is 12.1 Å². The minimum Gasteiger partial charge on any atom is -0.508 e. The van der Waals surface area contributed by atoms with Crippen molar-refractivity contribution < 1.29 is 9.90 Å². The second-order valence-electron chi connectivity index (χ2n) is 3.85. The lowest BCUT2D eigenvalue weighted by Crippen LogP contribution is -1.96. The summed E-state index contributed by atoms with van der Waals surface area (Å²) >= 11 is 1.46. The molecular formula is C12H13N3O2S. The Hall–Kier alpha value is -1.82. The second kappa shape index (κ2) is 5.22. The first-order chi connectivity index (χ1) is 8.58. The van der Waals surface area contributed by atoms with E-state index in [2.05, 4.69) is 10.1 Å². The maximum atomic E-state index is 11.3. The highest BCUT2D eigenvalue weighted by atomic mass is 32.2. The first-order valence-corrected chi connectivity index (χ1v) is 6.36. The normalized spacial score (nSPS) is 10.6. The predicted molar refractivity (Wildman–Crippen MR) is 68.7 cm³/mol. The van der Waals surface area contributed by atoms with E-state index in [1.54, 1.807) is 29.9 Å². The van der Waals surface area contributed by atoms with E-state index >= 15 is 0 Å². The van der Waals surface area contributed by atoms with Crippen molar-refractivity contribution in [3.63, 3.8) is 0 Å². The predicted octanol–water partition coefficient (Wildman–Crippen LogP) is 2.02. The van der Waals surface area contributed by atoms with Crippen LogP contribution in [0.4, 0.5) is 0 Å². The monoisotopic (exact) mass is 263 g/mol. The summed E-state index contributed by atoms with van der Waals surface area (Å²) in [5, 5.41) is 14.5. The first kappa shape index (κ1) is 12.6. The molecule has 1 aromatic carbocycles. The van der Waals surface area contributed by atoms with Gasteiger partial charge in [-0.05, 0) is 25.1 Å². The Balaban J connectivity index is 2.16. The Morgan fingerprint density at radius 2 is 2.28 bits per heavy atom. The lowest BCUT2D eigenvalue weighted by Gasteiger charge is -2.05. The Kier molecular flexibility index (Phi) is 3.66. The quantitative estimate of drug-likeness (QED) is 0.675. The molecule has 0 unspecified atom stereocenters. The molecule has 1 heterocycles. The van der Waals surface area contributed by atoms with Crippen molar-refractivity contribution in [3.05, 3.63) is 35.7 Å². The van der Waals surface area contributed by atoms with E-state index in [-0.39, 0.29) is 11.5 Å². The van der Waals surface area contributed by atoms with Crippen LogP contribution in [0, 0.1) is 0 Å². The van der Waals surface area contributed by atoms with Gasteiger partial charge in [0.15, 0.2) is 10.9 Å². The van der Waals surface area contributed by atoms with Crippen LogP contribution in [0.15, 0.2) is 29.7 Å². The average Bonchev–Trinajstić information content (AvgIpc) is 2.73. The van der Waals surface area contributed by atoms with Crippen molar-refractivity contribution in [1.29, 1.82) is 0 Å². The zero-order valence-electron chi connectivity index (χ0n) is 10.1. The Morgan fingerprint density at radius 1 is 1.50 bits per heavy atom. The molecule has 0 bridgehead atoms. The van der Waals surface area contributed by atoms with E-state index in [1.807, 2.05) is 0 Å². The zero-order valence-corrected chi connectivity index (χ0v) is 10.9. The highest BCUT2D eigenvalue weighted by Gasteiger charge is 2.08. The number of thioether (sulfide) groups is 1. The largest absolute Gasteiger partial charge is 0.508 e. The molecule has 0 spiro atoms. The molecule has 0 saturated carbocycles. The number of aromatic hydroxyl groups is 1. The number of Topliss-reactive ketones (excluding diaryl/α,β-unsaturated/α-hetero) is 1. The van der Waals surface area contributed by atoms with E-state index in [9.17, 15) is 9.90 Å². The molecule has 94 valence electrons. The van der Waals surface area contributed by atoms with Gasteiger partial charge in [-0.1, -0.05) is 11.8 Å². The lowest BCUT2D eigenvalue weighted by molar-refractivity contribution is 0.101. The summed E-state index contributed by atoms with van der Waals surface area (Å²) in [5.74, 6) is 0.717. The fourth-order valence-electron chi connectivity index (χ4n) is 1.48. The third-order valence-electron chi connectivity index (χ3n) is 2.51. The summed E-state index contributed by atoms with van der Waals surface area (Å²) in [6.45, 7) is 1.51. The minimum absolute atomic E-state index is 0.0140. The zero-order chi connectivity index (χ0) is 13.1. The topological polar surface area (TPSA) is 68.0 Å². The molecular weight excluding hydrogens is 250 g/mol. The van der Waals surface area contributed by atoms with E-state index in [0.29, 0.717) is 11.3 Å². The number of phenols is 1. The van der Waals surface area contributed by atoms with E-state index < -0.39 is 0 Å². The molecule has 0 saturated heterocycles. The number of nitrogens with zero attached hydrogens (tertiary/aromatic N) is 3. The first-order valence-electron chi connectivity index (χ1n) is 5.37. The third kappa shape index (κ3) is 2.70.